The van der Waals surface area contributed by atoms with Crippen molar-refractivity contribution < 1.29 is 19.8 Å². The standard InChI is InChI=1S/C20H17IN2O4/c1-2-3-17-16(11-13-10-14(21)6-9-18(13)24)19(25)23(22-17)15-7-4-12(5-8-15)20(26)27/h4-11,24H,2-3H2,1H3,(H,26,27)/b16-11+. The smallest absolute Gasteiger partial charge is 0.335 e. The van der Waals surface area contributed by atoms with Gasteiger partial charge in [-0.1, -0.05) is 13.3 Å². The third kappa shape index (κ3) is 4.02. The highest BCUT2D eigenvalue weighted by Crippen LogP contribution is 2.29. The molecule has 1 heterocycles. The Hall–Kier alpha value is -2.68. The Morgan fingerprint density at radius 3 is 2.56 bits per heavy atom. The average Bonchev–Trinajstić information content (AvgIpc) is 2.95. The number of hydrogen-bond donors (Lipinski definition) is 2. The molecule has 0 saturated heterocycles. The summed E-state index contributed by atoms with van der Waals surface area (Å²) in [5, 5.41) is 24.8. The molecule has 0 saturated carbocycles. The van der Waals surface area contributed by atoms with Crippen molar-refractivity contribution in [3.8, 4) is 5.75 Å². The third-order valence-electron chi connectivity index (χ3n) is 4.09. The van der Waals surface area contributed by atoms with Crippen LogP contribution < -0.4 is 5.01 Å². The summed E-state index contributed by atoms with van der Waals surface area (Å²) in [4.78, 5) is 24.0. The van der Waals surface area contributed by atoms with E-state index in [0.29, 0.717) is 29.0 Å². The van der Waals surface area contributed by atoms with Crippen LogP contribution in [0.3, 0.4) is 0 Å². The van der Waals surface area contributed by atoms with Crippen LogP contribution in [0.5, 0.6) is 5.75 Å². The Balaban J connectivity index is 2.00. The average molecular weight is 476 g/mol. The molecule has 0 spiro atoms. The lowest BCUT2D eigenvalue weighted by Gasteiger charge is -2.11. The fourth-order valence-corrected chi connectivity index (χ4v) is 3.26. The number of aromatic hydroxyl groups is 1. The van der Waals surface area contributed by atoms with Gasteiger partial charge in [0.25, 0.3) is 5.91 Å². The molecule has 0 atom stereocenters. The molecular formula is C20H17IN2O4. The van der Waals surface area contributed by atoms with E-state index in [9.17, 15) is 14.7 Å². The molecular weight excluding hydrogens is 459 g/mol. The normalized spacial score (nSPS) is 15.3. The molecule has 0 aliphatic carbocycles. The fourth-order valence-electron chi connectivity index (χ4n) is 2.74. The van der Waals surface area contributed by atoms with Crippen molar-refractivity contribution in [2.24, 2.45) is 5.10 Å². The van der Waals surface area contributed by atoms with Gasteiger partial charge in [0, 0.05) is 9.13 Å². The van der Waals surface area contributed by atoms with Gasteiger partial charge >= 0.3 is 5.97 Å². The highest BCUT2D eigenvalue weighted by atomic mass is 127. The van der Waals surface area contributed by atoms with Gasteiger partial charge in [0.05, 0.1) is 22.5 Å². The van der Waals surface area contributed by atoms with Crippen molar-refractivity contribution in [2.75, 3.05) is 5.01 Å². The molecule has 2 N–H and O–H groups in total. The second-order valence-corrected chi connectivity index (χ2v) is 7.27. The predicted octanol–water partition coefficient (Wildman–Crippen LogP) is 4.28. The molecule has 0 bridgehead atoms. The van der Waals surface area contributed by atoms with E-state index in [0.717, 1.165) is 9.99 Å². The van der Waals surface area contributed by atoms with E-state index in [1.54, 1.807) is 36.4 Å². The summed E-state index contributed by atoms with van der Waals surface area (Å²) in [6, 6.07) is 11.2. The molecule has 7 heteroatoms. The lowest BCUT2D eigenvalue weighted by molar-refractivity contribution is -0.114. The first-order chi connectivity index (χ1) is 12.9. The van der Waals surface area contributed by atoms with E-state index < -0.39 is 5.97 Å². The van der Waals surface area contributed by atoms with Gasteiger partial charge in [-0.15, -0.1) is 0 Å². The number of rotatable bonds is 5. The van der Waals surface area contributed by atoms with Gasteiger partial charge in [-0.3, -0.25) is 4.79 Å². The largest absolute Gasteiger partial charge is 0.507 e. The lowest BCUT2D eigenvalue weighted by Crippen LogP contribution is -2.21. The van der Waals surface area contributed by atoms with Crippen LogP contribution in [0, 0.1) is 3.57 Å². The van der Waals surface area contributed by atoms with Crippen molar-refractivity contribution >= 4 is 51.9 Å². The molecule has 6 nitrogen and oxygen atoms in total. The number of hydrazone groups is 1. The zero-order valence-corrected chi connectivity index (χ0v) is 16.7. The minimum Gasteiger partial charge on any atom is -0.507 e. The van der Waals surface area contributed by atoms with Gasteiger partial charge in [-0.05, 0) is 77.6 Å². The number of hydrogen-bond acceptors (Lipinski definition) is 4. The van der Waals surface area contributed by atoms with Crippen LogP contribution in [-0.4, -0.2) is 27.8 Å². The van der Waals surface area contributed by atoms with Gasteiger partial charge in [-0.25, -0.2) is 4.79 Å². The van der Waals surface area contributed by atoms with Crippen LogP contribution in [0.25, 0.3) is 6.08 Å². The van der Waals surface area contributed by atoms with Crippen molar-refractivity contribution in [1.29, 1.82) is 0 Å². The first-order valence-electron chi connectivity index (χ1n) is 8.36. The SMILES string of the molecule is CCCC1=NN(c2ccc(C(=O)O)cc2)C(=O)/C1=C/c1cc(I)ccc1O. The Labute approximate surface area is 170 Å². The number of aromatic carboxylic acids is 1. The molecule has 0 unspecified atom stereocenters. The number of anilines is 1. The van der Waals surface area contributed by atoms with E-state index in [2.05, 4.69) is 27.7 Å². The number of carbonyl (C=O) groups excluding carboxylic acids is 1. The van der Waals surface area contributed by atoms with Crippen molar-refractivity contribution in [2.45, 2.75) is 19.8 Å². The number of nitrogens with zero attached hydrogens (tertiary/aromatic N) is 2. The Morgan fingerprint density at radius 2 is 1.93 bits per heavy atom. The number of carbonyl (C=O) groups is 2. The number of phenols is 1. The van der Waals surface area contributed by atoms with Gasteiger partial charge in [0.15, 0.2) is 0 Å². The second kappa shape index (κ2) is 7.91. The monoisotopic (exact) mass is 476 g/mol. The van der Waals surface area contributed by atoms with E-state index in [4.69, 9.17) is 5.11 Å². The van der Waals surface area contributed by atoms with E-state index in [-0.39, 0.29) is 17.2 Å². The molecule has 0 radical (unpaired) electrons. The minimum atomic E-state index is -1.03. The Morgan fingerprint density at radius 1 is 1.22 bits per heavy atom. The van der Waals surface area contributed by atoms with Crippen LogP contribution in [0.1, 0.15) is 35.7 Å². The van der Waals surface area contributed by atoms with E-state index in [1.807, 2.05) is 6.92 Å². The summed E-state index contributed by atoms with van der Waals surface area (Å²) in [7, 11) is 0. The molecule has 27 heavy (non-hydrogen) atoms. The van der Waals surface area contributed by atoms with Gasteiger partial charge < -0.3 is 10.2 Å². The van der Waals surface area contributed by atoms with E-state index in [1.165, 1.54) is 17.1 Å². The summed E-state index contributed by atoms with van der Waals surface area (Å²) >= 11 is 2.14. The first-order valence-corrected chi connectivity index (χ1v) is 9.44. The number of halogens is 1. The molecule has 1 aliphatic heterocycles. The number of carboxylic acid groups (broad SMARTS) is 1. The summed E-state index contributed by atoms with van der Waals surface area (Å²) < 4.78 is 0.942. The maximum atomic E-state index is 13.0. The molecule has 1 aliphatic rings. The molecule has 0 fully saturated rings. The summed E-state index contributed by atoms with van der Waals surface area (Å²) in [5.41, 5.74) is 2.26. The fraction of sp³-hybridized carbons (Fsp3) is 0.150. The predicted molar refractivity (Wildman–Crippen MR) is 112 cm³/mol. The van der Waals surface area contributed by atoms with Crippen LogP contribution in [-0.2, 0) is 4.79 Å². The summed E-state index contributed by atoms with van der Waals surface area (Å²) in [6.07, 6.45) is 3.08. The zero-order valence-electron chi connectivity index (χ0n) is 14.5. The minimum absolute atomic E-state index is 0.0934. The summed E-state index contributed by atoms with van der Waals surface area (Å²) in [5.74, 6) is -1.24. The molecule has 138 valence electrons. The molecule has 0 aromatic heterocycles. The zero-order chi connectivity index (χ0) is 19.6. The maximum absolute atomic E-state index is 13.0. The first kappa shape index (κ1) is 19.1. The third-order valence-corrected chi connectivity index (χ3v) is 4.76. The second-order valence-electron chi connectivity index (χ2n) is 6.03. The van der Waals surface area contributed by atoms with Crippen LogP contribution in [0.4, 0.5) is 5.69 Å². The van der Waals surface area contributed by atoms with Crippen LogP contribution in [0.2, 0.25) is 0 Å². The highest BCUT2D eigenvalue weighted by Gasteiger charge is 2.30. The number of phenolic OH excluding ortho intramolecular Hbond substituents is 1. The highest BCUT2D eigenvalue weighted by molar-refractivity contribution is 14.1. The Kier molecular flexibility index (Phi) is 5.59. The van der Waals surface area contributed by atoms with Crippen molar-refractivity contribution in [3.63, 3.8) is 0 Å². The molecule has 1 amide bonds. The van der Waals surface area contributed by atoms with E-state index >= 15 is 0 Å². The molecule has 2 aromatic rings. The number of benzene rings is 2. The lowest BCUT2D eigenvalue weighted by atomic mass is 10.0. The number of amides is 1. The van der Waals surface area contributed by atoms with Crippen molar-refractivity contribution in [1.82, 2.24) is 0 Å². The van der Waals surface area contributed by atoms with Gasteiger partial charge in [0.2, 0.25) is 0 Å². The van der Waals surface area contributed by atoms with Crippen LogP contribution in [0.15, 0.2) is 53.1 Å². The molecule has 3 rings (SSSR count). The summed E-state index contributed by atoms with van der Waals surface area (Å²) in [6.45, 7) is 2.00. The Bertz CT molecular complexity index is 964. The quantitative estimate of drug-likeness (QED) is 0.498. The topological polar surface area (TPSA) is 90.2 Å². The number of carboxylic acids is 1. The van der Waals surface area contributed by atoms with Crippen molar-refractivity contribution in [3.05, 3.63) is 62.7 Å². The maximum Gasteiger partial charge on any atom is 0.335 e. The van der Waals surface area contributed by atoms with Gasteiger partial charge in [0.1, 0.15) is 5.75 Å². The molecule has 2 aromatic carbocycles. The van der Waals surface area contributed by atoms with Crippen LogP contribution >= 0.6 is 22.6 Å². The van der Waals surface area contributed by atoms with Gasteiger partial charge in [-0.2, -0.15) is 10.1 Å².